The second kappa shape index (κ2) is 4.65. The van der Waals surface area contributed by atoms with Crippen molar-refractivity contribution >= 4 is 37.1 Å². The van der Waals surface area contributed by atoms with Crippen molar-refractivity contribution in [2.75, 3.05) is 0 Å². The van der Waals surface area contributed by atoms with Gasteiger partial charge in [-0.25, -0.2) is 0 Å². The van der Waals surface area contributed by atoms with Gasteiger partial charge in [0.2, 0.25) is 0 Å². The van der Waals surface area contributed by atoms with Gasteiger partial charge in [0.15, 0.2) is 0 Å². The summed E-state index contributed by atoms with van der Waals surface area (Å²) in [5, 5.41) is 10.8. The Morgan fingerprint density at radius 2 is 1.76 bits per heavy atom. The second-order valence-corrected chi connectivity index (χ2v) is 5.47. The molecular weight excluding hydrogens is 291 g/mol. The molecule has 1 aromatic carbocycles. The molecule has 1 fully saturated rings. The van der Waals surface area contributed by atoms with E-state index in [0.717, 1.165) is 3.92 Å². The molecule has 7 heteroatoms. The van der Waals surface area contributed by atoms with Gasteiger partial charge in [-0.1, -0.05) is 0 Å². The Labute approximate surface area is 103 Å². The SMILES string of the molecule is O=C1CCC(=O)N1[Se]c1ccccc1[N+](=O)[O-]. The van der Waals surface area contributed by atoms with Crippen molar-refractivity contribution in [1.29, 1.82) is 0 Å². The van der Waals surface area contributed by atoms with E-state index in [1.807, 2.05) is 0 Å². The van der Waals surface area contributed by atoms with Gasteiger partial charge in [0.05, 0.1) is 0 Å². The number of rotatable bonds is 3. The third kappa shape index (κ3) is 2.35. The summed E-state index contributed by atoms with van der Waals surface area (Å²) in [7, 11) is 0. The van der Waals surface area contributed by atoms with Crippen molar-refractivity contribution in [2.45, 2.75) is 12.8 Å². The number of amides is 2. The van der Waals surface area contributed by atoms with Crippen molar-refractivity contribution < 1.29 is 14.5 Å². The molecule has 1 aromatic rings. The number of nitrogens with zero attached hydrogens (tertiary/aromatic N) is 2. The first kappa shape index (κ1) is 11.8. The van der Waals surface area contributed by atoms with E-state index in [2.05, 4.69) is 0 Å². The summed E-state index contributed by atoms with van der Waals surface area (Å²) in [5.41, 5.74) is -0.0417. The molecule has 88 valence electrons. The van der Waals surface area contributed by atoms with E-state index in [4.69, 9.17) is 0 Å². The molecular formula is C10H8N2O4Se. The summed E-state index contributed by atoms with van der Waals surface area (Å²) in [6.07, 6.45) is 0.419. The molecule has 1 saturated heterocycles. The van der Waals surface area contributed by atoms with Gasteiger partial charge >= 0.3 is 103 Å². The van der Waals surface area contributed by atoms with Crippen LogP contribution in [0.15, 0.2) is 24.3 Å². The van der Waals surface area contributed by atoms with Gasteiger partial charge in [-0.3, -0.25) is 0 Å². The van der Waals surface area contributed by atoms with Gasteiger partial charge in [0.1, 0.15) is 0 Å². The fourth-order valence-electron chi connectivity index (χ4n) is 1.44. The zero-order valence-electron chi connectivity index (χ0n) is 8.66. The van der Waals surface area contributed by atoms with E-state index in [0.29, 0.717) is 4.46 Å². The summed E-state index contributed by atoms with van der Waals surface area (Å²) < 4.78 is 1.57. The number of hydrogen-bond acceptors (Lipinski definition) is 4. The molecule has 0 aliphatic carbocycles. The molecule has 6 nitrogen and oxygen atoms in total. The van der Waals surface area contributed by atoms with Gasteiger partial charge in [0, 0.05) is 0 Å². The second-order valence-electron chi connectivity index (χ2n) is 3.40. The Kier molecular flexibility index (Phi) is 3.21. The molecule has 0 aromatic heterocycles. The van der Waals surface area contributed by atoms with Crippen molar-refractivity contribution in [1.82, 2.24) is 3.92 Å². The van der Waals surface area contributed by atoms with Crippen LogP contribution < -0.4 is 4.46 Å². The molecule has 1 aliphatic heterocycles. The summed E-state index contributed by atoms with van der Waals surface area (Å²) in [5.74, 6) is -0.485. The van der Waals surface area contributed by atoms with Crippen LogP contribution in [0.5, 0.6) is 0 Å². The van der Waals surface area contributed by atoms with Crippen molar-refractivity contribution in [3.05, 3.63) is 34.4 Å². The van der Waals surface area contributed by atoms with E-state index < -0.39 is 20.1 Å². The predicted molar refractivity (Wildman–Crippen MR) is 59.6 cm³/mol. The normalized spacial score (nSPS) is 15.4. The minimum absolute atomic E-state index is 0.0417. The van der Waals surface area contributed by atoms with E-state index in [9.17, 15) is 19.7 Å². The van der Waals surface area contributed by atoms with Crippen LogP contribution in [-0.2, 0) is 9.59 Å². The van der Waals surface area contributed by atoms with Crippen LogP contribution in [-0.4, -0.2) is 35.8 Å². The quantitative estimate of drug-likeness (QED) is 0.340. The van der Waals surface area contributed by atoms with Crippen LogP contribution in [0.25, 0.3) is 0 Å². The standard InChI is InChI=1S/C10H8N2O4Se/c13-9-5-6-10(14)11(9)17-8-4-2-1-3-7(8)12(15)16/h1-4H,5-6H2. The monoisotopic (exact) mass is 300 g/mol. The Morgan fingerprint density at radius 1 is 1.18 bits per heavy atom. The van der Waals surface area contributed by atoms with Gasteiger partial charge in [-0.15, -0.1) is 0 Å². The average Bonchev–Trinajstić information content (AvgIpc) is 2.61. The molecule has 1 aliphatic rings. The zero-order valence-corrected chi connectivity index (χ0v) is 10.4. The Bertz CT molecular complexity index is 487. The average molecular weight is 299 g/mol. The van der Waals surface area contributed by atoms with E-state index >= 15 is 0 Å². The van der Waals surface area contributed by atoms with E-state index in [-0.39, 0.29) is 30.3 Å². The molecule has 17 heavy (non-hydrogen) atoms. The molecule has 0 radical (unpaired) electrons. The number of nitro benzene ring substituents is 1. The fourth-order valence-corrected chi connectivity index (χ4v) is 3.45. The van der Waals surface area contributed by atoms with Crippen LogP contribution in [0.4, 0.5) is 5.69 Å². The van der Waals surface area contributed by atoms with Crippen LogP contribution >= 0.6 is 0 Å². The van der Waals surface area contributed by atoms with Gasteiger partial charge in [-0.2, -0.15) is 0 Å². The third-order valence-corrected chi connectivity index (χ3v) is 4.63. The van der Waals surface area contributed by atoms with Gasteiger partial charge in [0.25, 0.3) is 0 Å². The summed E-state index contributed by atoms with van der Waals surface area (Å²) in [6, 6.07) is 6.18. The maximum absolute atomic E-state index is 11.4. The van der Waals surface area contributed by atoms with Crippen molar-refractivity contribution in [3.8, 4) is 0 Å². The predicted octanol–water partition coefficient (Wildman–Crippen LogP) is -0.0117. The van der Waals surface area contributed by atoms with Gasteiger partial charge < -0.3 is 0 Å². The summed E-state index contributed by atoms with van der Waals surface area (Å²) in [4.78, 5) is 33.1. The minimum atomic E-state index is -0.645. The first-order valence-electron chi connectivity index (χ1n) is 4.87. The van der Waals surface area contributed by atoms with Crippen LogP contribution in [0.2, 0.25) is 0 Å². The zero-order chi connectivity index (χ0) is 12.4. The molecule has 0 unspecified atom stereocenters. The summed E-state index contributed by atoms with van der Waals surface area (Å²) >= 11 is -0.645. The maximum atomic E-state index is 11.4. The first-order chi connectivity index (χ1) is 8.09. The third-order valence-electron chi connectivity index (χ3n) is 2.26. The number of carbonyl (C=O) groups excluding carboxylic acids is 2. The Hall–Kier alpha value is -1.72. The Morgan fingerprint density at radius 3 is 2.35 bits per heavy atom. The number of carbonyl (C=O) groups is 2. The van der Waals surface area contributed by atoms with Crippen LogP contribution in [0.1, 0.15) is 12.8 Å². The molecule has 0 atom stereocenters. The van der Waals surface area contributed by atoms with Crippen molar-refractivity contribution in [2.24, 2.45) is 0 Å². The molecule has 0 N–H and O–H groups in total. The number of para-hydroxylation sites is 1. The molecule has 2 rings (SSSR count). The molecule has 0 saturated carbocycles. The molecule has 2 amide bonds. The van der Waals surface area contributed by atoms with Crippen molar-refractivity contribution in [3.63, 3.8) is 0 Å². The Balaban J connectivity index is 2.27. The first-order valence-corrected chi connectivity index (χ1v) is 6.49. The number of imide groups is 1. The fraction of sp³-hybridized carbons (Fsp3) is 0.200. The number of benzene rings is 1. The van der Waals surface area contributed by atoms with E-state index in [1.165, 1.54) is 6.07 Å². The van der Waals surface area contributed by atoms with Gasteiger partial charge in [-0.05, 0) is 0 Å². The summed E-state index contributed by atoms with van der Waals surface area (Å²) in [6.45, 7) is 0. The molecule has 0 spiro atoms. The molecule has 1 heterocycles. The van der Waals surface area contributed by atoms with Crippen LogP contribution in [0.3, 0.4) is 0 Å². The molecule has 0 bridgehead atoms. The topological polar surface area (TPSA) is 80.5 Å². The number of nitro groups is 1. The van der Waals surface area contributed by atoms with Crippen LogP contribution in [0, 0.1) is 10.1 Å². The number of hydrogen-bond donors (Lipinski definition) is 0. The van der Waals surface area contributed by atoms with E-state index in [1.54, 1.807) is 18.2 Å².